The first-order chi connectivity index (χ1) is 10.1. The van der Waals surface area contributed by atoms with E-state index in [1.165, 1.54) is 18.2 Å². The number of amides is 1. The van der Waals surface area contributed by atoms with Gasteiger partial charge in [-0.3, -0.25) is 4.79 Å². The van der Waals surface area contributed by atoms with E-state index < -0.39 is 0 Å². The molecule has 0 aliphatic carbocycles. The Balaban J connectivity index is 1.99. The van der Waals surface area contributed by atoms with Crippen LogP contribution in [0.1, 0.15) is 35.4 Å². The zero-order valence-corrected chi connectivity index (χ0v) is 11.9. The van der Waals surface area contributed by atoms with Crippen molar-refractivity contribution in [1.29, 1.82) is 0 Å². The van der Waals surface area contributed by atoms with Crippen molar-refractivity contribution in [2.75, 3.05) is 13.2 Å². The normalized spacial score (nSPS) is 19.2. The number of carbonyl (C=O) groups excluding carboxylic acids is 1. The first-order valence-corrected chi connectivity index (χ1v) is 7.22. The van der Waals surface area contributed by atoms with Gasteiger partial charge in [0.25, 0.3) is 5.91 Å². The summed E-state index contributed by atoms with van der Waals surface area (Å²) in [6, 6.07) is 4.08. The molecule has 2 heterocycles. The summed E-state index contributed by atoms with van der Waals surface area (Å²) >= 11 is 0. The van der Waals surface area contributed by atoms with Crippen LogP contribution in [0.4, 0.5) is 4.39 Å². The van der Waals surface area contributed by atoms with E-state index in [1.807, 2.05) is 0 Å². The lowest BCUT2D eigenvalue weighted by Gasteiger charge is -2.34. The fourth-order valence-corrected chi connectivity index (χ4v) is 2.99. The number of hydrogen-bond acceptors (Lipinski definition) is 3. The predicted octanol–water partition coefficient (Wildman–Crippen LogP) is 2.87. The van der Waals surface area contributed by atoms with Gasteiger partial charge in [0.2, 0.25) is 0 Å². The molecule has 0 bridgehead atoms. The SMILES string of the molecule is Cc1c(C(=O)N2CCCCC2CO)oc2ccc(F)cc12. The summed E-state index contributed by atoms with van der Waals surface area (Å²) in [5.41, 5.74) is 1.16. The Morgan fingerprint density at radius 2 is 2.29 bits per heavy atom. The second-order valence-electron chi connectivity index (χ2n) is 5.53. The minimum atomic E-state index is -0.350. The highest BCUT2D eigenvalue weighted by molar-refractivity contribution is 5.99. The molecule has 21 heavy (non-hydrogen) atoms. The summed E-state index contributed by atoms with van der Waals surface area (Å²) in [5.74, 6) is -0.324. The Morgan fingerprint density at radius 1 is 1.48 bits per heavy atom. The van der Waals surface area contributed by atoms with Crippen molar-refractivity contribution in [3.05, 3.63) is 35.3 Å². The van der Waals surface area contributed by atoms with Crippen molar-refractivity contribution >= 4 is 16.9 Å². The number of piperidine rings is 1. The zero-order chi connectivity index (χ0) is 15.0. The van der Waals surface area contributed by atoms with Gasteiger partial charge in [-0.15, -0.1) is 0 Å². The number of aliphatic hydroxyl groups excluding tert-OH is 1. The molecule has 1 aliphatic rings. The van der Waals surface area contributed by atoms with E-state index in [9.17, 15) is 14.3 Å². The van der Waals surface area contributed by atoms with Crippen LogP contribution >= 0.6 is 0 Å². The molecule has 4 nitrogen and oxygen atoms in total. The molecular weight excluding hydrogens is 273 g/mol. The zero-order valence-electron chi connectivity index (χ0n) is 11.9. The fourth-order valence-electron chi connectivity index (χ4n) is 2.99. The number of nitrogens with zero attached hydrogens (tertiary/aromatic N) is 1. The van der Waals surface area contributed by atoms with Crippen LogP contribution in [0.2, 0.25) is 0 Å². The van der Waals surface area contributed by atoms with Crippen LogP contribution in [0.5, 0.6) is 0 Å². The van der Waals surface area contributed by atoms with Crippen molar-refractivity contribution in [1.82, 2.24) is 4.90 Å². The number of furan rings is 1. The maximum atomic E-state index is 13.3. The van der Waals surface area contributed by atoms with E-state index in [0.29, 0.717) is 23.1 Å². The van der Waals surface area contributed by atoms with Gasteiger partial charge in [0.15, 0.2) is 5.76 Å². The lowest BCUT2D eigenvalue weighted by Crippen LogP contribution is -2.45. The number of aliphatic hydroxyl groups is 1. The standard InChI is InChI=1S/C16H18FNO3/c1-10-13-8-11(17)5-6-14(13)21-15(10)16(20)18-7-3-2-4-12(18)9-19/h5-6,8,12,19H,2-4,7,9H2,1H3. The van der Waals surface area contributed by atoms with Gasteiger partial charge in [0, 0.05) is 17.5 Å². The fraction of sp³-hybridized carbons (Fsp3) is 0.438. The molecule has 0 saturated carbocycles. The van der Waals surface area contributed by atoms with Crippen molar-refractivity contribution in [2.45, 2.75) is 32.2 Å². The lowest BCUT2D eigenvalue weighted by atomic mass is 10.0. The van der Waals surface area contributed by atoms with E-state index in [0.717, 1.165) is 19.3 Å². The Hall–Kier alpha value is -1.88. The van der Waals surface area contributed by atoms with Crippen molar-refractivity contribution in [2.24, 2.45) is 0 Å². The van der Waals surface area contributed by atoms with E-state index >= 15 is 0 Å². The van der Waals surface area contributed by atoms with E-state index in [2.05, 4.69) is 0 Å². The number of halogens is 1. The Morgan fingerprint density at radius 3 is 3.05 bits per heavy atom. The molecular formula is C16H18FNO3. The van der Waals surface area contributed by atoms with Gasteiger partial charge in [-0.05, 0) is 44.4 Å². The molecule has 1 saturated heterocycles. The first kappa shape index (κ1) is 14.1. The highest BCUT2D eigenvalue weighted by Crippen LogP contribution is 2.28. The van der Waals surface area contributed by atoms with E-state index in [-0.39, 0.29) is 30.1 Å². The van der Waals surface area contributed by atoms with Gasteiger partial charge in [0.1, 0.15) is 11.4 Å². The molecule has 1 aromatic carbocycles. The summed E-state index contributed by atoms with van der Waals surface area (Å²) < 4.78 is 19.0. The number of benzene rings is 1. The third-order valence-corrected chi connectivity index (χ3v) is 4.19. The highest BCUT2D eigenvalue weighted by atomic mass is 19.1. The van der Waals surface area contributed by atoms with Gasteiger partial charge in [0.05, 0.1) is 12.6 Å². The van der Waals surface area contributed by atoms with Crippen molar-refractivity contribution in [3.63, 3.8) is 0 Å². The van der Waals surface area contributed by atoms with E-state index in [1.54, 1.807) is 11.8 Å². The Kier molecular flexibility index (Phi) is 3.68. The van der Waals surface area contributed by atoms with Crippen LogP contribution < -0.4 is 0 Å². The van der Waals surface area contributed by atoms with Gasteiger partial charge >= 0.3 is 0 Å². The molecule has 3 rings (SSSR count). The van der Waals surface area contributed by atoms with Crippen molar-refractivity contribution in [3.8, 4) is 0 Å². The van der Waals surface area contributed by atoms with E-state index in [4.69, 9.17) is 4.42 Å². The van der Waals surface area contributed by atoms with Gasteiger partial charge in [-0.1, -0.05) is 0 Å². The van der Waals surface area contributed by atoms with Crippen LogP contribution in [0, 0.1) is 12.7 Å². The minimum absolute atomic E-state index is 0.0420. The Bertz CT molecular complexity index is 679. The highest BCUT2D eigenvalue weighted by Gasteiger charge is 2.30. The molecule has 1 unspecified atom stereocenters. The maximum Gasteiger partial charge on any atom is 0.290 e. The number of carbonyl (C=O) groups is 1. The van der Waals surface area contributed by atoms with Crippen LogP contribution in [0.15, 0.2) is 22.6 Å². The predicted molar refractivity (Wildman–Crippen MR) is 76.7 cm³/mol. The molecule has 0 spiro atoms. The summed E-state index contributed by atoms with van der Waals surface area (Å²) in [7, 11) is 0. The maximum absolute atomic E-state index is 13.3. The van der Waals surface area contributed by atoms with Gasteiger partial charge in [-0.2, -0.15) is 0 Å². The lowest BCUT2D eigenvalue weighted by molar-refractivity contribution is 0.0474. The number of rotatable bonds is 2. The molecule has 112 valence electrons. The molecule has 0 radical (unpaired) electrons. The number of likely N-dealkylation sites (tertiary alicyclic amines) is 1. The van der Waals surface area contributed by atoms with Crippen LogP contribution in [0.3, 0.4) is 0 Å². The van der Waals surface area contributed by atoms with Gasteiger partial charge in [-0.25, -0.2) is 4.39 Å². The minimum Gasteiger partial charge on any atom is -0.451 e. The summed E-state index contributed by atoms with van der Waals surface area (Å²) in [4.78, 5) is 14.3. The third-order valence-electron chi connectivity index (χ3n) is 4.19. The number of fused-ring (bicyclic) bond motifs is 1. The quantitative estimate of drug-likeness (QED) is 0.925. The van der Waals surface area contributed by atoms with Crippen LogP contribution in [-0.4, -0.2) is 35.1 Å². The average Bonchev–Trinajstić information content (AvgIpc) is 2.83. The second kappa shape index (κ2) is 5.48. The number of hydrogen-bond donors (Lipinski definition) is 1. The monoisotopic (exact) mass is 291 g/mol. The summed E-state index contributed by atoms with van der Waals surface area (Å²) in [5, 5.41) is 10.0. The molecule has 1 amide bonds. The molecule has 1 aromatic heterocycles. The van der Waals surface area contributed by atoms with Gasteiger partial charge < -0.3 is 14.4 Å². The molecule has 1 N–H and O–H groups in total. The van der Waals surface area contributed by atoms with Crippen LogP contribution in [0.25, 0.3) is 11.0 Å². The largest absolute Gasteiger partial charge is 0.451 e. The topological polar surface area (TPSA) is 53.7 Å². The summed E-state index contributed by atoms with van der Waals surface area (Å²) in [6.45, 7) is 2.34. The molecule has 5 heteroatoms. The molecule has 1 fully saturated rings. The number of aryl methyl sites for hydroxylation is 1. The molecule has 1 atom stereocenters. The van der Waals surface area contributed by atoms with Crippen LogP contribution in [-0.2, 0) is 0 Å². The summed E-state index contributed by atoms with van der Waals surface area (Å²) in [6.07, 6.45) is 2.74. The Labute approximate surface area is 122 Å². The molecule has 2 aromatic rings. The molecule has 1 aliphatic heterocycles. The third kappa shape index (κ3) is 2.42. The smallest absolute Gasteiger partial charge is 0.290 e. The van der Waals surface area contributed by atoms with Crippen molar-refractivity contribution < 1.29 is 18.7 Å². The average molecular weight is 291 g/mol. The first-order valence-electron chi connectivity index (χ1n) is 7.22. The second-order valence-corrected chi connectivity index (χ2v) is 5.53.